The zero-order valence-electron chi connectivity index (χ0n) is 41.0. The molecule has 0 N–H and O–H groups in total. The van der Waals surface area contributed by atoms with Crippen molar-refractivity contribution in [2.75, 3.05) is 0 Å². The number of fused-ring (bicyclic) bond motifs is 10. The van der Waals surface area contributed by atoms with Crippen LogP contribution in [-0.2, 0) is 10.8 Å². The first-order chi connectivity index (χ1) is 35.2. The highest BCUT2D eigenvalue weighted by Crippen LogP contribution is 2.54. The molecular weight excluding hydrogens is 869 g/mol. The normalized spacial score (nSPS) is 14.3. The highest BCUT2D eigenvalue weighted by molar-refractivity contribution is 6.06. The van der Waals surface area contributed by atoms with E-state index < -0.39 is 0 Å². The summed E-state index contributed by atoms with van der Waals surface area (Å²) < 4.78 is 6.34. The molecule has 1 atom stereocenters. The highest BCUT2D eigenvalue weighted by Gasteiger charge is 2.39. The van der Waals surface area contributed by atoms with E-state index in [0.29, 0.717) is 0 Å². The lowest BCUT2D eigenvalue weighted by Crippen LogP contribution is -2.17. The van der Waals surface area contributed by atoms with Crippen molar-refractivity contribution < 1.29 is 4.42 Å². The maximum Gasteiger partial charge on any atom is 0.136 e. The van der Waals surface area contributed by atoms with Gasteiger partial charge in [-0.3, -0.25) is 0 Å². The van der Waals surface area contributed by atoms with Gasteiger partial charge in [-0.15, -0.1) is 0 Å². The maximum absolute atomic E-state index is 6.34. The second kappa shape index (κ2) is 16.0. The molecule has 0 saturated carbocycles. The van der Waals surface area contributed by atoms with E-state index in [2.05, 4.69) is 258 Å². The van der Waals surface area contributed by atoms with E-state index >= 15 is 0 Å². The first-order valence-electron chi connectivity index (χ1n) is 25.4. The fourth-order valence-corrected chi connectivity index (χ4v) is 12.4. The molecule has 0 bridgehead atoms. The number of hydrogen-bond acceptors (Lipinski definition) is 1. The molecule has 0 spiro atoms. The lowest BCUT2D eigenvalue weighted by atomic mass is 9.77. The lowest BCUT2D eigenvalue weighted by Gasteiger charge is -2.26. The van der Waals surface area contributed by atoms with Crippen LogP contribution in [0.5, 0.6) is 0 Å². The van der Waals surface area contributed by atoms with Crippen LogP contribution in [0.4, 0.5) is 0 Å². The maximum atomic E-state index is 6.34. The van der Waals surface area contributed by atoms with Crippen molar-refractivity contribution in [3.8, 4) is 66.8 Å². The van der Waals surface area contributed by atoms with Crippen molar-refractivity contribution in [2.45, 2.75) is 44.4 Å². The summed E-state index contributed by atoms with van der Waals surface area (Å²) in [5.41, 5.74) is 25.9. The molecule has 11 aromatic carbocycles. The molecule has 0 saturated heterocycles. The van der Waals surface area contributed by atoms with Crippen molar-refractivity contribution in [2.24, 2.45) is 0 Å². The summed E-state index contributed by atoms with van der Waals surface area (Å²) in [5, 5.41) is 4.84. The van der Waals surface area contributed by atoms with Gasteiger partial charge in [0.15, 0.2) is 0 Å². The Kier molecular flexibility index (Phi) is 9.42. The molecule has 0 aliphatic heterocycles. The quantitative estimate of drug-likeness (QED) is 0.145. The highest BCUT2D eigenvalue weighted by atomic mass is 16.3. The van der Waals surface area contributed by atoms with E-state index in [1.165, 1.54) is 116 Å². The van der Waals surface area contributed by atoms with E-state index in [-0.39, 0.29) is 16.7 Å². The molecule has 72 heavy (non-hydrogen) atoms. The molecule has 0 fully saturated rings. The molecule has 0 amide bonds. The topological polar surface area (TPSA) is 13.1 Å². The minimum absolute atomic E-state index is 0.00777. The molecule has 12 aromatic rings. The van der Waals surface area contributed by atoms with Gasteiger partial charge in [-0.2, -0.15) is 0 Å². The van der Waals surface area contributed by atoms with Gasteiger partial charge >= 0.3 is 0 Å². The lowest BCUT2D eigenvalue weighted by molar-refractivity contribution is 0.657. The van der Waals surface area contributed by atoms with Crippen LogP contribution >= 0.6 is 0 Å². The molecule has 2 aliphatic rings. The van der Waals surface area contributed by atoms with E-state index in [4.69, 9.17) is 4.42 Å². The van der Waals surface area contributed by atoms with Crippen LogP contribution in [0, 0.1) is 0 Å². The zero-order valence-corrected chi connectivity index (χ0v) is 41.0. The summed E-state index contributed by atoms with van der Waals surface area (Å²) >= 11 is 0. The van der Waals surface area contributed by atoms with Crippen LogP contribution in [-0.4, -0.2) is 0 Å². The number of rotatable bonds is 7. The van der Waals surface area contributed by atoms with E-state index in [1.807, 2.05) is 6.07 Å². The molecule has 1 aromatic heterocycles. The van der Waals surface area contributed by atoms with Gasteiger partial charge in [0.2, 0.25) is 0 Å². The van der Waals surface area contributed by atoms with Gasteiger partial charge in [0.25, 0.3) is 0 Å². The molecule has 342 valence electrons. The second-order valence-corrected chi connectivity index (χ2v) is 21.3. The summed E-state index contributed by atoms with van der Waals surface area (Å²) in [4.78, 5) is 0. The first kappa shape index (κ1) is 42.4. The van der Waals surface area contributed by atoms with Gasteiger partial charge in [-0.05, 0) is 153 Å². The Morgan fingerprint density at radius 2 is 0.681 bits per heavy atom. The molecule has 2 aliphatic carbocycles. The van der Waals surface area contributed by atoms with Gasteiger partial charge in [0.1, 0.15) is 11.2 Å². The smallest absolute Gasteiger partial charge is 0.136 e. The predicted molar refractivity (Wildman–Crippen MR) is 302 cm³/mol. The molecule has 1 heterocycles. The Balaban J connectivity index is 0.848. The summed E-state index contributed by atoms with van der Waals surface area (Å²) in [6.07, 6.45) is 0. The first-order valence-corrected chi connectivity index (χ1v) is 25.4. The standard InChI is InChI=1S/C71H52O/c1-70(2)63-39-52(51-27-24-45-14-8-9-15-50(45)38-51)28-33-57(63)59-35-31-55(41-65(59)70)69(49-25-22-48(23-26-49)47-20-18-46(19-21-47)44-12-6-5-7-13-44)56-32-36-60-58-34-29-53(40-64(58)71(3,4)66(60)42-56)54-30-37-62-61-16-10-11-17-67(61)72-68(62)43-54/h5-43,69H,1-4H3. The zero-order chi connectivity index (χ0) is 48.3. The van der Waals surface area contributed by atoms with Gasteiger partial charge in [0, 0.05) is 27.5 Å². The van der Waals surface area contributed by atoms with Crippen LogP contribution in [0.3, 0.4) is 0 Å². The Bertz CT molecular complexity index is 4130. The largest absolute Gasteiger partial charge is 0.456 e. The monoisotopic (exact) mass is 920 g/mol. The number of furan rings is 1. The minimum atomic E-state index is -0.217. The van der Waals surface area contributed by atoms with E-state index in [9.17, 15) is 0 Å². The summed E-state index contributed by atoms with van der Waals surface area (Å²) in [5.74, 6) is 0.00777. The number of para-hydroxylation sites is 1. The van der Waals surface area contributed by atoms with Gasteiger partial charge in [-0.25, -0.2) is 0 Å². The predicted octanol–water partition coefficient (Wildman–Crippen LogP) is 19.2. The molecular formula is C71H52O. The minimum Gasteiger partial charge on any atom is -0.456 e. The Hall–Kier alpha value is -8.52. The molecule has 1 nitrogen and oxygen atoms in total. The van der Waals surface area contributed by atoms with E-state index in [1.54, 1.807) is 0 Å². The van der Waals surface area contributed by atoms with Crippen LogP contribution in [0.1, 0.15) is 72.6 Å². The van der Waals surface area contributed by atoms with Crippen molar-refractivity contribution in [1.29, 1.82) is 0 Å². The summed E-state index contributed by atoms with van der Waals surface area (Å²) in [6.45, 7) is 9.64. The number of benzene rings is 11. The van der Waals surface area contributed by atoms with Crippen molar-refractivity contribution >= 4 is 32.7 Å². The fourth-order valence-electron chi connectivity index (χ4n) is 12.4. The molecule has 14 rings (SSSR count). The average molecular weight is 921 g/mol. The number of hydrogen-bond donors (Lipinski definition) is 0. The Labute approximate surface area is 421 Å². The summed E-state index contributed by atoms with van der Waals surface area (Å²) in [6, 6.07) is 88.3. The van der Waals surface area contributed by atoms with Crippen LogP contribution < -0.4 is 0 Å². The SMILES string of the molecule is CC1(C)c2cc(-c3ccc4ccccc4c3)ccc2-c2ccc(C(c3ccc(-c4ccc(-c5ccccc5)cc4)cc3)c3ccc4c(c3)C(C)(C)c3cc(-c5ccc6c(c5)oc5ccccc56)ccc3-4)cc21. The van der Waals surface area contributed by atoms with Crippen molar-refractivity contribution in [3.05, 3.63) is 276 Å². The van der Waals surface area contributed by atoms with Crippen molar-refractivity contribution in [1.82, 2.24) is 0 Å². The van der Waals surface area contributed by atoms with Gasteiger partial charge < -0.3 is 4.42 Å². The van der Waals surface area contributed by atoms with Crippen LogP contribution in [0.25, 0.3) is 99.5 Å². The van der Waals surface area contributed by atoms with E-state index in [0.717, 1.165) is 21.9 Å². The Morgan fingerprint density at radius 3 is 1.29 bits per heavy atom. The Morgan fingerprint density at radius 1 is 0.278 bits per heavy atom. The second-order valence-electron chi connectivity index (χ2n) is 21.3. The third-order valence-electron chi connectivity index (χ3n) is 16.4. The third kappa shape index (κ3) is 6.68. The molecule has 0 radical (unpaired) electrons. The van der Waals surface area contributed by atoms with Crippen LogP contribution in [0.15, 0.2) is 241 Å². The molecule has 1 unspecified atom stereocenters. The van der Waals surface area contributed by atoms with Gasteiger partial charge in [0.05, 0.1) is 0 Å². The van der Waals surface area contributed by atoms with Gasteiger partial charge in [-0.1, -0.05) is 228 Å². The summed E-state index contributed by atoms with van der Waals surface area (Å²) in [7, 11) is 0. The van der Waals surface area contributed by atoms with Crippen molar-refractivity contribution in [3.63, 3.8) is 0 Å². The fraction of sp³-hybridized carbons (Fsp3) is 0.0986. The molecule has 1 heteroatoms. The average Bonchev–Trinajstić information content (AvgIpc) is 3.99. The third-order valence-corrected chi connectivity index (χ3v) is 16.4. The van der Waals surface area contributed by atoms with Crippen LogP contribution in [0.2, 0.25) is 0 Å².